The van der Waals surface area contributed by atoms with Gasteiger partial charge in [0.05, 0.1) is 25.2 Å². The summed E-state index contributed by atoms with van der Waals surface area (Å²) in [6.07, 6.45) is -6.07. The number of aromatic nitrogens is 1. The monoisotopic (exact) mass is 654 g/mol. The summed E-state index contributed by atoms with van der Waals surface area (Å²) in [6.45, 7) is 2.89. The molecule has 3 aromatic carbocycles. The van der Waals surface area contributed by atoms with Crippen LogP contribution in [-0.2, 0) is 16.2 Å². The van der Waals surface area contributed by atoms with Crippen LogP contribution in [0.15, 0.2) is 91.0 Å². The van der Waals surface area contributed by atoms with Crippen molar-refractivity contribution in [2.45, 2.75) is 57.8 Å². The summed E-state index contributed by atoms with van der Waals surface area (Å²) in [5.41, 5.74) is 1.97. The molecule has 1 aromatic heterocycles. The number of halogens is 4. The molecular formula is C35H34F4N2O6. The molecule has 0 saturated heterocycles. The number of rotatable bonds is 13. The number of carboxylic acids is 1. The van der Waals surface area contributed by atoms with Gasteiger partial charge >= 0.3 is 12.3 Å². The van der Waals surface area contributed by atoms with Crippen molar-refractivity contribution < 1.29 is 47.3 Å². The second-order valence-corrected chi connectivity index (χ2v) is 11.1. The van der Waals surface area contributed by atoms with Crippen LogP contribution in [0.1, 0.15) is 54.5 Å². The minimum atomic E-state index is -5.21. The standard InChI is InChI=1S/C35H34F4N2O6/c1-22(2)41-29(18-17-27(42)19-28(43)20-30(44)45)31(25-13-15-26(36)16-14-25)32(24-11-7-4-8-12-24)33(41)34(46)40(47-35(37,38)39)21-23-9-5-3-6-10-23/h3-18,22,27-28,42-43H,19-21H2,1-2H3,(H,44,45). The number of carboxylic acid groups (broad SMARTS) is 1. The minimum absolute atomic E-state index is 0.161. The highest BCUT2D eigenvalue weighted by molar-refractivity contribution is 6.06. The molecule has 8 nitrogen and oxygen atoms in total. The molecule has 2 unspecified atom stereocenters. The fraction of sp³-hybridized carbons (Fsp3) is 0.257. The zero-order chi connectivity index (χ0) is 34.3. The van der Waals surface area contributed by atoms with E-state index in [1.165, 1.54) is 41.0 Å². The Morgan fingerprint density at radius 1 is 0.894 bits per heavy atom. The third kappa shape index (κ3) is 9.16. The summed E-state index contributed by atoms with van der Waals surface area (Å²) in [5.74, 6) is -2.90. The van der Waals surface area contributed by atoms with Crippen molar-refractivity contribution in [3.63, 3.8) is 0 Å². The first kappa shape index (κ1) is 35.1. The number of alkyl halides is 3. The van der Waals surface area contributed by atoms with Crippen LogP contribution >= 0.6 is 0 Å². The minimum Gasteiger partial charge on any atom is -0.481 e. The molecule has 0 aliphatic carbocycles. The van der Waals surface area contributed by atoms with E-state index in [2.05, 4.69) is 4.84 Å². The second kappa shape index (κ2) is 15.2. The van der Waals surface area contributed by atoms with Gasteiger partial charge in [0, 0.05) is 29.3 Å². The molecule has 4 aromatic rings. The Bertz CT molecular complexity index is 1690. The number of nitrogens with zero attached hydrogens (tertiary/aromatic N) is 2. The highest BCUT2D eigenvalue weighted by Crippen LogP contribution is 2.43. The fourth-order valence-electron chi connectivity index (χ4n) is 5.29. The Hall–Kier alpha value is -4.78. The second-order valence-electron chi connectivity index (χ2n) is 11.1. The Labute approximate surface area is 268 Å². The number of aliphatic hydroxyl groups is 2. The molecule has 0 spiro atoms. The van der Waals surface area contributed by atoms with Crippen molar-refractivity contribution in [2.24, 2.45) is 0 Å². The number of aliphatic carboxylic acids is 1. The maximum atomic E-state index is 14.4. The average Bonchev–Trinajstić information content (AvgIpc) is 3.35. The number of carbonyl (C=O) groups excluding carboxylic acids is 1. The normalized spacial score (nSPS) is 13.2. The number of aliphatic hydroxyl groups excluding tert-OH is 2. The van der Waals surface area contributed by atoms with E-state index in [0.29, 0.717) is 22.3 Å². The van der Waals surface area contributed by atoms with Gasteiger partial charge in [0.15, 0.2) is 0 Å². The molecule has 4 rings (SSSR count). The van der Waals surface area contributed by atoms with Gasteiger partial charge in [-0.2, -0.15) is 4.84 Å². The third-order valence-electron chi connectivity index (χ3n) is 7.17. The van der Waals surface area contributed by atoms with Gasteiger partial charge in [-0.15, -0.1) is 13.2 Å². The number of hydrogen-bond donors (Lipinski definition) is 3. The van der Waals surface area contributed by atoms with Crippen LogP contribution in [0.25, 0.3) is 28.3 Å². The quantitative estimate of drug-likeness (QED) is 0.104. The first-order valence-electron chi connectivity index (χ1n) is 14.7. The maximum absolute atomic E-state index is 14.4. The van der Waals surface area contributed by atoms with Crippen molar-refractivity contribution in [1.29, 1.82) is 0 Å². The van der Waals surface area contributed by atoms with E-state index in [0.717, 1.165) is 0 Å². The van der Waals surface area contributed by atoms with E-state index in [1.54, 1.807) is 74.5 Å². The number of carbonyl (C=O) groups is 2. The average molecular weight is 655 g/mol. The van der Waals surface area contributed by atoms with E-state index >= 15 is 0 Å². The van der Waals surface area contributed by atoms with E-state index in [-0.39, 0.29) is 28.4 Å². The molecule has 0 bridgehead atoms. The Morgan fingerprint density at radius 2 is 1.47 bits per heavy atom. The van der Waals surface area contributed by atoms with E-state index < -0.39 is 55.3 Å². The van der Waals surface area contributed by atoms with E-state index in [1.807, 2.05) is 0 Å². The number of hydrogen-bond acceptors (Lipinski definition) is 5. The van der Waals surface area contributed by atoms with Crippen molar-refractivity contribution >= 4 is 18.0 Å². The molecule has 1 heterocycles. The molecule has 0 aliphatic heterocycles. The lowest BCUT2D eigenvalue weighted by Gasteiger charge is -2.25. The summed E-state index contributed by atoms with van der Waals surface area (Å²) in [5, 5.41) is 30.0. The predicted molar refractivity (Wildman–Crippen MR) is 167 cm³/mol. The summed E-state index contributed by atoms with van der Waals surface area (Å²) >= 11 is 0. The molecule has 1 amide bonds. The summed E-state index contributed by atoms with van der Waals surface area (Å²) in [4.78, 5) is 29.8. The highest BCUT2D eigenvalue weighted by atomic mass is 19.4. The van der Waals surface area contributed by atoms with Crippen molar-refractivity contribution in [3.8, 4) is 22.3 Å². The van der Waals surface area contributed by atoms with Gasteiger partial charge in [-0.1, -0.05) is 78.9 Å². The molecule has 0 aliphatic rings. The summed E-state index contributed by atoms with van der Waals surface area (Å²) in [6, 6.07) is 21.3. The van der Waals surface area contributed by atoms with Crippen molar-refractivity contribution in [2.75, 3.05) is 0 Å². The van der Waals surface area contributed by atoms with E-state index in [9.17, 15) is 37.4 Å². The van der Waals surface area contributed by atoms with Crippen molar-refractivity contribution in [1.82, 2.24) is 9.63 Å². The van der Waals surface area contributed by atoms with Crippen LogP contribution in [0.4, 0.5) is 17.6 Å². The Morgan fingerprint density at radius 3 is 2.02 bits per heavy atom. The van der Waals surface area contributed by atoms with Crippen LogP contribution in [0.3, 0.4) is 0 Å². The lowest BCUT2D eigenvalue weighted by Crippen LogP contribution is -2.37. The Balaban J connectivity index is 2.01. The number of benzene rings is 3. The van der Waals surface area contributed by atoms with Crippen LogP contribution in [0.2, 0.25) is 0 Å². The number of amides is 1. The van der Waals surface area contributed by atoms with Gasteiger partial charge < -0.3 is 19.9 Å². The SMILES string of the molecule is CC(C)n1c(C=CC(O)CC(O)CC(=O)O)c(-c2ccc(F)cc2)c(-c2ccccc2)c1C(=O)N(Cc1ccccc1)OC(F)(F)F. The molecular weight excluding hydrogens is 620 g/mol. The zero-order valence-corrected chi connectivity index (χ0v) is 25.6. The molecule has 47 heavy (non-hydrogen) atoms. The van der Waals surface area contributed by atoms with Gasteiger partial charge in [0.2, 0.25) is 0 Å². The zero-order valence-electron chi connectivity index (χ0n) is 25.6. The lowest BCUT2D eigenvalue weighted by atomic mass is 9.94. The lowest BCUT2D eigenvalue weighted by molar-refractivity contribution is -0.401. The molecule has 0 radical (unpaired) electrons. The third-order valence-corrected chi connectivity index (χ3v) is 7.17. The highest BCUT2D eigenvalue weighted by Gasteiger charge is 2.39. The van der Waals surface area contributed by atoms with Crippen LogP contribution in [0, 0.1) is 5.82 Å². The van der Waals surface area contributed by atoms with Gasteiger partial charge in [0.25, 0.3) is 5.91 Å². The number of hydroxylamine groups is 2. The summed E-state index contributed by atoms with van der Waals surface area (Å²) in [7, 11) is 0. The fourth-order valence-corrected chi connectivity index (χ4v) is 5.29. The van der Waals surface area contributed by atoms with Gasteiger partial charge in [0.1, 0.15) is 11.5 Å². The topological polar surface area (TPSA) is 112 Å². The van der Waals surface area contributed by atoms with Gasteiger partial charge in [-0.3, -0.25) is 9.59 Å². The first-order valence-corrected chi connectivity index (χ1v) is 14.7. The summed E-state index contributed by atoms with van der Waals surface area (Å²) < 4.78 is 57.0. The Kier molecular flexibility index (Phi) is 11.3. The molecule has 3 N–H and O–H groups in total. The molecule has 2 atom stereocenters. The van der Waals surface area contributed by atoms with Gasteiger partial charge in [-0.05, 0) is 48.7 Å². The van der Waals surface area contributed by atoms with Crippen molar-refractivity contribution in [3.05, 3.63) is 114 Å². The van der Waals surface area contributed by atoms with Gasteiger partial charge in [-0.25, -0.2) is 9.45 Å². The first-order chi connectivity index (χ1) is 22.2. The molecule has 0 saturated carbocycles. The predicted octanol–water partition coefficient (Wildman–Crippen LogP) is 7.24. The van der Waals surface area contributed by atoms with Crippen LogP contribution in [0.5, 0.6) is 0 Å². The van der Waals surface area contributed by atoms with E-state index in [4.69, 9.17) is 5.11 Å². The molecule has 12 heteroatoms. The molecule has 0 fully saturated rings. The van der Waals surface area contributed by atoms with Crippen LogP contribution < -0.4 is 0 Å². The maximum Gasteiger partial charge on any atom is 0.544 e. The smallest absolute Gasteiger partial charge is 0.481 e. The van der Waals surface area contributed by atoms with Crippen LogP contribution in [-0.4, -0.2) is 55.4 Å². The molecule has 248 valence electrons. The largest absolute Gasteiger partial charge is 0.544 e.